The first-order chi connectivity index (χ1) is 10.7. The van der Waals surface area contributed by atoms with E-state index in [0.29, 0.717) is 5.56 Å². The number of rotatable bonds is 3. The number of nitrogens with one attached hydrogen (secondary N) is 1. The predicted molar refractivity (Wildman–Crippen MR) is 94.6 cm³/mol. The minimum Gasteiger partial charge on any atom is -0.372 e. The summed E-state index contributed by atoms with van der Waals surface area (Å²) in [5.74, 6) is -0.0907. The van der Waals surface area contributed by atoms with E-state index in [9.17, 15) is 4.79 Å². The van der Waals surface area contributed by atoms with Crippen LogP contribution < -0.4 is 10.2 Å². The molecule has 0 spiro atoms. The molecule has 0 unspecified atom stereocenters. The first kappa shape index (κ1) is 15.1. The molecule has 2 aromatic rings. The van der Waals surface area contributed by atoms with Crippen molar-refractivity contribution in [1.82, 2.24) is 0 Å². The van der Waals surface area contributed by atoms with E-state index in [1.807, 2.05) is 36.4 Å². The van der Waals surface area contributed by atoms with Crippen molar-refractivity contribution >= 4 is 33.2 Å². The molecule has 3 nitrogen and oxygen atoms in total. The summed E-state index contributed by atoms with van der Waals surface area (Å²) in [6, 6.07) is 15.5. The largest absolute Gasteiger partial charge is 0.372 e. The highest BCUT2D eigenvalue weighted by Crippen LogP contribution is 2.22. The maximum atomic E-state index is 12.2. The second kappa shape index (κ2) is 6.97. The molecule has 1 aliphatic rings. The number of carbonyl (C=O) groups excluding carboxylic acids is 1. The normalized spacial score (nSPS) is 14.7. The minimum atomic E-state index is -0.0907. The summed E-state index contributed by atoms with van der Waals surface area (Å²) in [4.78, 5) is 14.6. The number of anilines is 2. The number of carbonyl (C=O) groups is 1. The van der Waals surface area contributed by atoms with Gasteiger partial charge in [0.1, 0.15) is 0 Å². The molecular formula is C18H19BrN2O. The van der Waals surface area contributed by atoms with Gasteiger partial charge in [0.15, 0.2) is 0 Å². The third-order valence-corrected chi connectivity index (χ3v) is 4.43. The lowest BCUT2D eigenvalue weighted by Crippen LogP contribution is -2.29. The van der Waals surface area contributed by atoms with Crippen LogP contribution in [-0.4, -0.2) is 19.0 Å². The van der Waals surface area contributed by atoms with Crippen LogP contribution in [0.4, 0.5) is 11.4 Å². The van der Waals surface area contributed by atoms with E-state index in [-0.39, 0.29) is 5.91 Å². The third kappa shape index (κ3) is 3.69. The maximum absolute atomic E-state index is 12.2. The molecule has 1 aliphatic heterocycles. The van der Waals surface area contributed by atoms with E-state index in [2.05, 4.69) is 38.3 Å². The summed E-state index contributed by atoms with van der Waals surface area (Å²) in [6.45, 7) is 2.26. The van der Waals surface area contributed by atoms with Crippen LogP contribution in [0.3, 0.4) is 0 Å². The van der Waals surface area contributed by atoms with Gasteiger partial charge in [-0.2, -0.15) is 0 Å². The Bertz CT molecular complexity index is 648. The summed E-state index contributed by atoms with van der Waals surface area (Å²) < 4.78 is 0.903. The number of hydrogen-bond donors (Lipinski definition) is 1. The molecule has 1 fully saturated rings. The lowest BCUT2D eigenvalue weighted by atomic mass is 10.1. The van der Waals surface area contributed by atoms with Gasteiger partial charge in [-0.3, -0.25) is 4.79 Å². The van der Waals surface area contributed by atoms with Gasteiger partial charge >= 0.3 is 0 Å². The lowest BCUT2D eigenvalue weighted by Gasteiger charge is -2.28. The summed E-state index contributed by atoms with van der Waals surface area (Å²) in [7, 11) is 0. The zero-order chi connectivity index (χ0) is 15.4. The zero-order valence-corrected chi connectivity index (χ0v) is 14.0. The Morgan fingerprint density at radius 2 is 1.73 bits per heavy atom. The van der Waals surface area contributed by atoms with Gasteiger partial charge in [-0.25, -0.2) is 0 Å². The van der Waals surface area contributed by atoms with Gasteiger partial charge in [0, 0.05) is 34.5 Å². The van der Waals surface area contributed by atoms with E-state index in [1.54, 1.807) is 0 Å². The van der Waals surface area contributed by atoms with Crippen LogP contribution in [-0.2, 0) is 0 Å². The van der Waals surface area contributed by atoms with E-state index < -0.39 is 0 Å². The highest BCUT2D eigenvalue weighted by atomic mass is 79.9. The number of piperidine rings is 1. The molecule has 0 aliphatic carbocycles. The van der Waals surface area contributed by atoms with E-state index in [0.717, 1.165) is 23.2 Å². The standard InChI is InChI=1S/C18H19BrN2O/c19-15-6-4-5-14(13-15)18(22)20-16-7-9-17(10-8-16)21-11-2-1-3-12-21/h4-10,13H,1-3,11-12H2,(H,20,22). The molecule has 4 heteroatoms. The number of amides is 1. The first-order valence-electron chi connectivity index (χ1n) is 7.64. The second-order valence-corrected chi connectivity index (χ2v) is 6.47. The zero-order valence-electron chi connectivity index (χ0n) is 12.4. The molecule has 2 aromatic carbocycles. The summed E-state index contributed by atoms with van der Waals surface area (Å²) in [6.07, 6.45) is 3.86. The fourth-order valence-corrected chi connectivity index (χ4v) is 3.14. The lowest BCUT2D eigenvalue weighted by molar-refractivity contribution is 0.102. The molecule has 1 N–H and O–H groups in total. The molecule has 1 saturated heterocycles. The summed E-state index contributed by atoms with van der Waals surface area (Å²) in [5, 5.41) is 2.94. The van der Waals surface area contributed by atoms with Crippen LogP contribution in [0.1, 0.15) is 29.6 Å². The van der Waals surface area contributed by atoms with Crippen molar-refractivity contribution < 1.29 is 4.79 Å². The molecule has 0 radical (unpaired) electrons. The Hall–Kier alpha value is -1.81. The Balaban J connectivity index is 1.66. The Labute approximate surface area is 139 Å². The smallest absolute Gasteiger partial charge is 0.255 e. The number of nitrogens with zero attached hydrogens (tertiary/aromatic N) is 1. The number of benzene rings is 2. The molecule has 1 amide bonds. The van der Waals surface area contributed by atoms with Gasteiger partial charge in [-0.15, -0.1) is 0 Å². The number of hydrogen-bond acceptors (Lipinski definition) is 2. The average Bonchev–Trinajstić information content (AvgIpc) is 2.56. The van der Waals surface area contributed by atoms with Gasteiger partial charge < -0.3 is 10.2 Å². The van der Waals surface area contributed by atoms with Crippen LogP contribution in [0.2, 0.25) is 0 Å². The molecule has 0 bridgehead atoms. The van der Waals surface area contributed by atoms with Crippen LogP contribution in [0.5, 0.6) is 0 Å². The van der Waals surface area contributed by atoms with E-state index in [1.165, 1.54) is 24.9 Å². The Morgan fingerprint density at radius 1 is 1.00 bits per heavy atom. The predicted octanol–water partition coefficient (Wildman–Crippen LogP) is 4.69. The van der Waals surface area contributed by atoms with Crippen LogP contribution >= 0.6 is 15.9 Å². The van der Waals surface area contributed by atoms with Crippen molar-refractivity contribution in [1.29, 1.82) is 0 Å². The van der Waals surface area contributed by atoms with Gasteiger partial charge in [0.2, 0.25) is 0 Å². The van der Waals surface area contributed by atoms with Crippen LogP contribution in [0, 0.1) is 0 Å². The van der Waals surface area contributed by atoms with Crippen molar-refractivity contribution in [3.05, 3.63) is 58.6 Å². The maximum Gasteiger partial charge on any atom is 0.255 e. The fraction of sp³-hybridized carbons (Fsp3) is 0.278. The van der Waals surface area contributed by atoms with E-state index >= 15 is 0 Å². The molecule has 0 atom stereocenters. The van der Waals surface area contributed by atoms with Crippen LogP contribution in [0.15, 0.2) is 53.0 Å². The van der Waals surface area contributed by atoms with Crippen molar-refractivity contribution in [2.45, 2.75) is 19.3 Å². The fourth-order valence-electron chi connectivity index (χ4n) is 2.74. The molecule has 0 aromatic heterocycles. The topological polar surface area (TPSA) is 32.3 Å². The molecular weight excluding hydrogens is 340 g/mol. The molecule has 3 rings (SSSR count). The SMILES string of the molecule is O=C(Nc1ccc(N2CCCCC2)cc1)c1cccc(Br)c1. The average molecular weight is 359 g/mol. The summed E-state index contributed by atoms with van der Waals surface area (Å²) in [5.41, 5.74) is 2.71. The Morgan fingerprint density at radius 3 is 2.41 bits per heavy atom. The van der Waals surface area contributed by atoms with Gasteiger partial charge in [-0.05, 0) is 61.7 Å². The monoisotopic (exact) mass is 358 g/mol. The third-order valence-electron chi connectivity index (χ3n) is 3.93. The number of halogens is 1. The minimum absolute atomic E-state index is 0.0907. The molecule has 1 heterocycles. The highest BCUT2D eigenvalue weighted by Gasteiger charge is 2.11. The van der Waals surface area contributed by atoms with Gasteiger partial charge in [0.05, 0.1) is 0 Å². The van der Waals surface area contributed by atoms with E-state index in [4.69, 9.17) is 0 Å². The second-order valence-electron chi connectivity index (χ2n) is 5.56. The molecule has 0 saturated carbocycles. The van der Waals surface area contributed by atoms with Gasteiger partial charge in [0.25, 0.3) is 5.91 Å². The Kier molecular flexibility index (Phi) is 4.78. The summed E-state index contributed by atoms with van der Waals surface area (Å²) >= 11 is 3.38. The van der Waals surface area contributed by atoms with Crippen molar-refractivity contribution in [2.24, 2.45) is 0 Å². The quantitative estimate of drug-likeness (QED) is 0.862. The first-order valence-corrected chi connectivity index (χ1v) is 8.43. The van der Waals surface area contributed by atoms with Crippen molar-refractivity contribution in [3.63, 3.8) is 0 Å². The van der Waals surface area contributed by atoms with Crippen molar-refractivity contribution in [3.8, 4) is 0 Å². The van der Waals surface area contributed by atoms with Crippen molar-refractivity contribution in [2.75, 3.05) is 23.3 Å². The van der Waals surface area contributed by atoms with Gasteiger partial charge in [-0.1, -0.05) is 22.0 Å². The molecule has 114 valence electrons. The van der Waals surface area contributed by atoms with Crippen LogP contribution in [0.25, 0.3) is 0 Å². The molecule has 22 heavy (non-hydrogen) atoms. The highest BCUT2D eigenvalue weighted by molar-refractivity contribution is 9.10.